The van der Waals surface area contributed by atoms with Crippen LogP contribution in [0.3, 0.4) is 0 Å². The first-order valence-electron chi connectivity index (χ1n) is 6.46. The highest BCUT2D eigenvalue weighted by Gasteiger charge is 2.09. The molecule has 0 atom stereocenters. The second kappa shape index (κ2) is 10.5. The first-order chi connectivity index (χ1) is 7.76. The maximum absolute atomic E-state index is 11.8. The molecule has 0 heterocycles. The second-order valence-electron chi connectivity index (χ2n) is 3.95. The second-order valence-corrected chi connectivity index (χ2v) is 3.95. The Labute approximate surface area is 99.9 Å². The monoisotopic (exact) mass is 226 g/mol. The summed E-state index contributed by atoms with van der Waals surface area (Å²) in [7, 11) is 0. The molecule has 0 bridgehead atoms. The molecule has 0 aromatic heterocycles. The molecule has 0 spiro atoms. The third kappa shape index (κ3) is 7.32. The summed E-state index contributed by atoms with van der Waals surface area (Å²) < 4.78 is 0. The molecule has 0 aliphatic rings. The van der Waals surface area contributed by atoms with Gasteiger partial charge in [-0.1, -0.05) is 39.7 Å². The van der Waals surface area contributed by atoms with Crippen molar-refractivity contribution >= 4 is 6.03 Å². The van der Waals surface area contributed by atoms with Crippen molar-refractivity contribution in [2.75, 3.05) is 13.1 Å². The van der Waals surface area contributed by atoms with Gasteiger partial charge in [-0.15, -0.1) is 0 Å². The summed E-state index contributed by atoms with van der Waals surface area (Å²) in [5, 5.41) is 2.81. The number of hydrogen-bond donors (Lipinski definition) is 1. The molecule has 2 amide bonds. The molecule has 0 saturated carbocycles. The number of carbonyl (C=O) groups excluding carboxylic acids is 1. The van der Waals surface area contributed by atoms with Crippen molar-refractivity contribution in [3.8, 4) is 0 Å². The van der Waals surface area contributed by atoms with Crippen molar-refractivity contribution in [1.82, 2.24) is 10.2 Å². The molecule has 0 fully saturated rings. The number of hydrogen-bond acceptors (Lipinski definition) is 1. The highest BCUT2D eigenvalue weighted by Crippen LogP contribution is 1.99. The van der Waals surface area contributed by atoms with Crippen molar-refractivity contribution < 1.29 is 4.79 Å². The summed E-state index contributed by atoms with van der Waals surface area (Å²) in [5.41, 5.74) is 0. The molecular formula is C13H26N2O. The van der Waals surface area contributed by atoms with Crippen molar-refractivity contribution in [2.24, 2.45) is 0 Å². The van der Waals surface area contributed by atoms with E-state index in [9.17, 15) is 4.79 Å². The maximum Gasteiger partial charge on any atom is 0.321 e. The summed E-state index contributed by atoms with van der Waals surface area (Å²) in [6.07, 6.45) is 9.05. The first kappa shape index (κ1) is 15.0. The van der Waals surface area contributed by atoms with Gasteiger partial charge in [0.15, 0.2) is 0 Å². The summed E-state index contributed by atoms with van der Waals surface area (Å²) >= 11 is 0. The van der Waals surface area contributed by atoms with Gasteiger partial charge >= 0.3 is 6.03 Å². The van der Waals surface area contributed by atoms with Crippen LogP contribution in [-0.4, -0.2) is 24.0 Å². The average molecular weight is 226 g/mol. The van der Waals surface area contributed by atoms with Crippen LogP contribution in [-0.2, 0) is 0 Å². The van der Waals surface area contributed by atoms with Crippen LogP contribution in [0.1, 0.15) is 52.9 Å². The Morgan fingerprint density at radius 3 is 2.12 bits per heavy atom. The fourth-order valence-electron chi connectivity index (χ4n) is 1.35. The van der Waals surface area contributed by atoms with Crippen LogP contribution in [0.15, 0.2) is 12.3 Å². The Morgan fingerprint density at radius 2 is 1.69 bits per heavy atom. The molecule has 16 heavy (non-hydrogen) atoms. The highest BCUT2D eigenvalue weighted by molar-refractivity contribution is 5.75. The lowest BCUT2D eigenvalue weighted by atomic mass is 10.3. The van der Waals surface area contributed by atoms with Gasteiger partial charge in [0.1, 0.15) is 0 Å². The van der Waals surface area contributed by atoms with Gasteiger partial charge in [0, 0.05) is 19.3 Å². The average Bonchev–Trinajstić information content (AvgIpc) is 2.29. The number of urea groups is 1. The van der Waals surface area contributed by atoms with Crippen LogP contribution >= 0.6 is 0 Å². The Hall–Kier alpha value is -0.990. The van der Waals surface area contributed by atoms with E-state index in [0.717, 1.165) is 45.2 Å². The summed E-state index contributed by atoms with van der Waals surface area (Å²) in [6.45, 7) is 8.07. The minimum Gasteiger partial charge on any atom is -0.325 e. The highest BCUT2D eigenvalue weighted by atomic mass is 16.2. The lowest BCUT2D eigenvalue weighted by molar-refractivity contribution is 0.199. The molecular weight excluding hydrogens is 200 g/mol. The predicted molar refractivity (Wildman–Crippen MR) is 69.4 cm³/mol. The summed E-state index contributed by atoms with van der Waals surface area (Å²) in [5.74, 6) is 0. The third-order valence-corrected chi connectivity index (χ3v) is 2.41. The van der Waals surface area contributed by atoms with Gasteiger partial charge in [0.25, 0.3) is 0 Å². The molecule has 0 radical (unpaired) electrons. The Morgan fingerprint density at radius 1 is 1.12 bits per heavy atom. The van der Waals surface area contributed by atoms with Gasteiger partial charge in [-0.05, 0) is 19.3 Å². The van der Waals surface area contributed by atoms with Crippen molar-refractivity contribution in [3.05, 3.63) is 12.3 Å². The summed E-state index contributed by atoms with van der Waals surface area (Å²) in [4.78, 5) is 13.7. The van der Waals surface area contributed by atoms with E-state index >= 15 is 0 Å². The Kier molecular flexibility index (Phi) is 9.87. The normalized spacial score (nSPS) is 10.7. The molecule has 0 rings (SSSR count). The lowest BCUT2D eigenvalue weighted by Gasteiger charge is -2.21. The lowest BCUT2D eigenvalue weighted by Crippen LogP contribution is -2.38. The van der Waals surface area contributed by atoms with E-state index in [0.29, 0.717) is 0 Å². The van der Waals surface area contributed by atoms with E-state index in [2.05, 4.69) is 26.1 Å². The predicted octanol–water partition coefficient (Wildman–Crippen LogP) is 3.52. The molecule has 3 heteroatoms. The molecule has 0 aliphatic carbocycles. The smallest absolute Gasteiger partial charge is 0.321 e. The SMILES string of the molecule is CC/C=C/NC(=O)N(CCCC)CCCC. The van der Waals surface area contributed by atoms with Gasteiger partial charge < -0.3 is 10.2 Å². The number of nitrogens with one attached hydrogen (secondary N) is 1. The molecule has 0 aliphatic heterocycles. The molecule has 1 N–H and O–H groups in total. The van der Waals surface area contributed by atoms with Crippen LogP contribution in [0.2, 0.25) is 0 Å². The first-order valence-corrected chi connectivity index (χ1v) is 6.46. The molecule has 0 unspecified atom stereocenters. The zero-order chi connectivity index (χ0) is 12.2. The quantitative estimate of drug-likeness (QED) is 0.674. The molecule has 0 saturated heterocycles. The summed E-state index contributed by atoms with van der Waals surface area (Å²) in [6, 6.07) is 0.0339. The van der Waals surface area contributed by atoms with Gasteiger partial charge in [-0.3, -0.25) is 0 Å². The van der Waals surface area contributed by atoms with Crippen LogP contribution in [0.5, 0.6) is 0 Å². The van der Waals surface area contributed by atoms with E-state index < -0.39 is 0 Å². The topological polar surface area (TPSA) is 32.3 Å². The maximum atomic E-state index is 11.8. The van der Waals surface area contributed by atoms with Gasteiger partial charge in [0.2, 0.25) is 0 Å². The minimum absolute atomic E-state index is 0.0339. The zero-order valence-corrected chi connectivity index (χ0v) is 11.0. The van der Waals surface area contributed by atoms with E-state index in [1.54, 1.807) is 6.20 Å². The Bertz CT molecular complexity index is 194. The van der Waals surface area contributed by atoms with Gasteiger partial charge in [-0.2, -0.15) is 0 Å². The number of unbranched alkanes of at least 4 members (excludes halogenated alkanes) is 2. The van der Waals surface area contributed by atoms with Crippen molar-refractivity contribution in [1.29, 1.82) is 0 Å². The molecule has 0 aromatic rings. The third-order valence-electron chi connectivity index (χ3n) is 2.41. The van der Waals surface area contributed by atoms with E-state index in [4.69, 9.17) is 0 Å². The molecule has 0 aromatic carbocycles. The zero-order valence-electron chi connectivity index (χ0n) is 11.0. The van der Waals surface area contributed by atoms with Crippen molar-refractivity contribution in [2.45, 2.75) is 52.9 Å². The Balaban J connectivity index is 4.03. The number of amides is 2. The largest absolute Gasteiger partial charge is 0.325 e. The fraction of sp³-hybridized carbons (Fsp3) is 0.769. The van der Waals surface area contributed by atoms with E-state index in [-0.39, 0.29) is 6.03 Å². The van der Waals surface area contributed by atoms with E-state index in [1.165, 1.54) is 0 Å². The number of carbonyl (C=O) groups is 1. The number of nitrogens with zero attached hydrogens (tertiary/aromatic N) is 1. The fourth-order valence-corrected chi connectivity index (χ4v) is 1.35. The molecule has 3 nitrogen and oxygen atoms in total. The van der Waals surface area contributed by atoms with Crippen LogP contribution in [0.25, 0.3) is 0 Å². The van der Waals surface area contributed by atoms with Crippen molar-refractivity contribution in [3.63, 3.8) is 0 Å². The standard InChI is InChI=1S/C13H26N2O/c1-4-7-10-14-13(16)15(11-8-5-2)12-9-6-3/h7,10H,4-6,8-9,11-12H2,1-3H3,(H,14,16)/b10-7+. The van der Waals surface area contributed by atoms with Gasteiger partial charge in [0.05, 0.1) is 0 Å². The minimum atomic E-state index is 0.0339. The van der Waals surface area contributed by atoms with Crippen LogP contribution in [0.4, 0.5) is 4.79 Å². The molecule has 94 valence electrons. The number of rotatable bonds is 8. The van der Waals surface area contributed by atoms with Crippen LogP contribution < -0.4 is 5.32 Å². The van der Waals surface area contributed by atoms with Gasteiger partial charge in [-0.25, -0.2) is 4.79 Å². The van der Waals surface area contributed by atoms with Crippen LogP contribution in [0, 0.1) is 0 Å². The van der Waals surface area contributed by atoms with E-state index in [1.807, 2.05) is 11.0 Å². The number of allylic oxidation sites excluding steroid dienone is 1.